The lowest BCUT2D eigenvalue weighted by atomic mass is 10.1. The molecule has 0 aromatic heterocycles. The Kier molecular flexibility index (Phi) is 4.20. The van der Waals surface area contributed by atoms with E-state index in [2.05, 4.69) is 27.4 Å². The second-order valence-corrected chi connectivity index (χ2v) is 2.49. The summed E-state index contributed by atoms with van der Waals surface area (Å²) in [6.07, 6.45) is 2.93. The van der Waals surface area contributed by atoms with Crippen molar-refractivity contribution < 1.29 is 4.74 Å². The molecular formula is C8H16O. The van der Waals surface area contributed by atoms with E-state index in [1.807, 2.05) is 0 Å². The normalized spacial score (nSPS) is 13.3. The van der Waals surface area contributed by atoms with E-state index in [-0.39, 0.29) is 0 Å². The first-order valence-corrected chi connectivity index (χ1v) is 3.48. The van der Waals surface area contributed by atoms with Crippen LogP contribution in [0, 0.1) is 5.92 Å². The minimum Gasteiger partial charge on any atom is -0.498 e. The molecule has 1 unspecified atom stereocenters. The molecule has 0 aromatic rings. The summed E-state index contributed by atoms with van der Waals surface area (Å²) in [4.78, 5) is 0. The van der Waals surface area contributed by atoms with Gasteiger partial charge in [0.2, 0.25) is 0 Å². The van der Waals surface area contributed by atoms with Crippen LogP contribution in [0.25, 0.3) is 0 Å². The molecule has 0 amide bonds. The summed E-state index contributed by atoms with van der Waals surface area (Å²) in [5, 5.41) is 0. The first-order chi connectivity index (χ1) is 4.22. The third-order valence-corrected chi connectivity index (χ3v) is 1.42. The summed E-state index contributed by atoms with van der Waals surface area (Å²) >= 11 is 0. The van der Waals surface area contributed by atoms with Gasteiger partial charge in [-0.05, 0) is 12.3 Å². The van der Waals surface area contributed by atoms with Crippen molar-refractivity contribution in [1.29, 1.82) is 0 Å². The SMILES string of the molecule is C=COC(CC)C(C)C. The number of ether oxygens (including phenoxy) is 1. The van der Waals surface area contributed by atoms with Crippen molar-refractivity contribution in [3.8, 4) is 0 Å². The van der Waals surface area contributed by atoms with Gasteiger partial charge in [0.25, 0.3) is 0 Å². The van der Waals surface area contributed by atoms with E-state index in [9.17, 15) is 0 Å². The van der Waals surface area contributed by atoms with E-state index in [1.165, 1.54) is 6.26 Å². The standard InChI is InChI=1S/C8H16O/c1-5-8(7(3)4)9-6-2/h6-8H,2,5H2,1,3-4H3. The summed E-state index contributed by atoms with van der Waals surface area (Å²) in [5.74, 6) is 0.591. The molecule has 0 rings (SSSR count). The molecule has 0 saturated carbocycles. The molecule has 0 radical (unpaired) electrons. The van der Waals surface area contributed by atoms with E-state index in [1.54, 1.807) is 0 Å². The van der Waals surface area contributed by atoms with Gasteiger partial charge in [0, 0.05) is 0 Å². The van der Waals surface area contributed by atoms with Gasteiger partial charge < -0.3 is 4.74 Å². The highest BCUT2D eigenvalue weighted by Crippen LogP contribution is 2.09. The fourth-order valence-corrected chi connectivity index (χ4v) is 0.848. The van der Waals surface area contributed by atoms with Crippen molar-refractivity contribution in [3.05, 3.63) is 12.8 Å². The second-order valence-electron chi connectivity index (χ2n) is 2.49. The molecule has 0 aromatic carbocycles. The fourth-order valence-electron chi connectivity index (χ4n) is 0.848. The first-order valence-electron chi connectivity index (χ1n) is 3.48. The van der Waals surface area contributed by atoms with Gasteiger partial charge in [-0.3, -0.25) is 0 Å². The van der Waals surface area contributed by atoms with E-state index < -0.39 is 0 Å². The van der Waals surface area contributed by atoms with Crippen molar-refractivity contribution in [2.45, 2.75) is 33.3 Å². The molecule has 0 aliphatic rings. The third-order valence-electron chi connectivity index (χ3n) is 1.42. The topological polar surface area (TPSA) is 9.23 Å². The van der Waals surface area contributed by atoms with Gasteiger partial charge in [0.15, 0.2) is 0 Å². The fraction of sp³-hybridized carbons (Fsp3) is 0.750. The smallest absolute Gasteiger partial charge is 0.0998 e. The predicted molar refractivity (Wildman–Crippen MR) is 40.2 cm³/mol. The van der Waals surface area contributed by atoms with Gasteiger partial charge in [0.1, 0.15) is 0 Å². The molecule has 54 valence electrons. The Bertz CT molecular complexity index is 76.6. The summed E-state index contributed by atoms with van der Waals surface area (Å²) in [5.41, 5.74) is 0. The van der Waals surface area contributed by atoms with Crippen LogP contribution < -0.4 is 0 Å². The zero-order valence-corrected chi connectivity index (χ0v) is 6.55. The van der Waals surface area contributed by atoms with Gasteiger partial charge in [-0.15, -0.1) is 0 Å². The molecule has 0 fully saturated rings. The van der Waals surface area contributed by atoms with Crippen molar-refractivity contribution in [1.82, 2.24) is 0 Å². The Labute approximate surface area is 57.7 Å². The van der Waals surface area contributed by atoms with Crippen LogP contribution >= 0.6 is 0 Å². The molecule has 1 atom stereocenters. The van der Waals surface area contributed by atoms with Crippen LogP contribution in [0.3, 0.4) is 0 Å². The van der Waals surface area contributed by atoms with Crippen LogP contribution in [0.15, 0.2) is 12.8 Å². The Morgan fingerprint density at radius 1 is 1.56 bits per heavy atom. The number of hydrogen-bond acceptors (Lipinski definition) is 1. The monoisotopic (exact) mass is 128 g/mol. The van der Waals surface area contributed by atoms with Gasteiger partial charge in [-0.25, -0.2) is 0 Å². The quantitative estimate of drug-likeness (QED) is 0.529. The molecule has 9 heavy (non-hydrogen) atoms. The minimum atomic E-state index is 0.350. The minimum absolute atomic E-state index is 0.350. The third kappa shape index (κ3) is 3.17. The predicted octanol–water partition coefficient (Wildman–Crippen LogP) is 2.58. The van der Waals surface area contributed by atoms with Crippen molar-refractivity contribution >= 4 is 0 Å². The molecular weight excluding hydrogens is 112 g/mol. The summed E-state index contributed by atoms with van der Waals surface area (Å²) < 4.78 is 5.22. The average molecular weight is 128 g/mol. The molecule has 0 N–H and O–H groups in total. The Hall–Kier alpha value is -0.460. The average Bonchev–Trinajstić information content (AvgIpc) is 1.82. The van der Waals surface area contributed by atoms with Gasteiger partial charge in [-0.2, -0.15) is 0 Å². The van der Waals surface area contributed by atoms with Crippen LogP contribution in [0.4, 0.5) is 0 Å². The highest BCUT2D eigenvalue weighted by Gasteiger charge is 2.08. The highest BCUT2D eigenvalue weighted by atomic mass is 16.5. The van der Waals surface area contributed by atoms with Gasteiger partial charge >= 0.3 is 0 Å². The first kappa shape index (κ1) is 8.54. The van der Waals surface area contributed by atoms with Crippen LogP contribution in [0.2, 0.25) is 0 Å². The molecule has 0 heterocycles. The Balaban J connectivity index is 3.53. The van der Waals surface area contributed by atoms with Crippen LogP contribution in [-0.2, 0) is 4.74 Å². The van der Waals surface area contributed by atoms with E-state index >= 15 is 0 Å². The van der Waals surface area contributed by atoms with Crippen LogP contribution in [0.1, 0.15) is 27.2 Å². The maximum Gasteiger partial charge on any atom is 0.0998 e. The Morgan fingerprint density at radius 3 is 2.22 bits per heavy atom. The zero-order chi connectivity index (χ0) is 7.28. The lowest BCUT2D eigenvalue weighted by molar-refractivity contribution is 0.0981. The maximum absolute atomic E-state index is 5.22. The lowest BCUT2D eigenvalue weighted by Crippen LogP contribution is -2.15. The summed E-state index contributed by atoms with van der Waals surface area (Å²) in [7, 11) is 0. The lowest BCUT2D eigenvalue weighted by Gasteiger charge is -2.17. The molecule has 0 saturated heterocycles. The Morgan fingerprint density at radius 2 is 2.11 bits per heavy atom. The molecule has 0 aliphatic carbocycles. The van der Waals surface area contributed by atoms with Crippen molar-refractivity contribution in [2.75, 3.05) is 0 Å². The largest absolute Gasteiger partial charge is 0.498 e. The van der Waals surface area contributed by atoms with E-state index in [0.717, 1.165) is 6.42 Å². The van der Waals surface area contributed by atoms with Gasteiger partial charge in [0.05, 0.1) is 12.4 Å². The van der Waals surface area contributed by atoms with E-state index in [0.29, 0.717) is 12.0 Å². The molecule has 0 aliphatic heterocycles. The van der Waals surface area contributed by atoms with E-state index in [4.69, 9.17) is 4.74 Å². The maximum atomic E-state index is 5.22. The second kappa shape index (κ2) is 4.42. The van der Waals surface area contributed by atoms with Crippen LogP contribution in [-0.4, -0.2) is 6.10 Å². The van der Waals surface area contributed by atoms with Crippen LogP contribution in [0.5, 0.6) is 0 Å². The molecule has 1 nitrogen and oxygen atoms in total. The van der Waals surface area contributed by atoms with Crippen molar-refractivity contribution in [2.24, 2.45) is 5.92 Å². The molecule has 0 spiro atoms. The summed E-state index contributed by atoms with van der Waals surface area (Å²) in [6, 6.07) is 0. The summed E-state index contributed by atoms with van der Waals surface area (Å²) in [6.45, 7) is 9.93. The zero-order valence-electron chi connectivity index (χ0n) is 6.55. The highest BCUT2D eigenvalue weighted by molar-refractivity contribution is 4.63. The van der Waals surface area contributed by atoms with Gasteiger partial charge in [-0.1, -0.05) is 27.4 Å². The van der Waals surface area contributed by atoms with Crippen molar-refractivity contribution in [3.63, 3.8) is 0 Å². The number of hydrogen-bond donors (Lipinski definition) is 0. The number of rotatable bonds is 4. The molecule has 1 heteroatoms. The molecule has 0 bridgehead atoms.